The van der Waals surface area contributed by atoms with Crippen molar-refractivity contribution in [2.45, 2.75) is 11.2 Å². The Morgan fingerprint density at radius 1 is 0.477 bits per heavy atom. The molecule has 0 amide bonds. The summed E-state index contributed by atoms with van der Waals surface area (Å²) < 4.78 is 5.27. The minimum absolute atomic E-state index is 0.294. The molecule has 0 saturated heterocycles. The third-order valence-corrected chi connectivity index (χ3v) is 5.90. The van der Waals surface area contributed by atoms with Crippen LogP contribution >= 0.6 is 0 Å². The predicted octanol–water partition coefficient (Wildman–Crippen LogP) is -2.96. The summed E-state index contributed by atoms with van der Waals surface area (Å²) in [5.41, 5.74) is -9.56. The molecule has 248 valence electrons. The molecule has 0 unspecified atom stereocenters. The molecule has 0 spiro atoms. The zero-order valence-corrected chi connectivity index (χ0v) is 22.7. The number of hydrogen-bond acceptors (Lipinski definition) is 14. The standard InChI is InChI=1S/C20H22O15.C5H12O4/c21-11-18(12-22,20(35-33,8-3-15(27)28)9-4-16(29)30)19(6-1-13(23)24,7-2-14(25)26)34-10-5-17(31)32;6-1-5(2-7,3-8)4-9/h1-10,21-22,33H,11-12H2,(H,23,24)(H,25,26)(H,27,28)(H,29,30)(H,31,32);6-9H,1-4H2. The van der Waals surface area contributed by atoms with Crippen molar-refractivity contribution in [1.82, 2.24) is 0 Å². The maximum Gasteiger partial charge on any atom is 0.331 e. The Balaban J connectivity index is 0. The third kappa shape index (κ3) is 11.7. The van der Waals surface area contributed by atoms with E-state index in [1.165, 1.54) is 0 Å². The summed E-state index contributed by atoms with van der Waals surface area (Å²) in [6, 6.07) is 0. The zero-order valence-electron chi connectivity index (χ0n) is 22.7. The summed E-state index contributed by atoms with van der Waals surface area (Å²) in [5, 5.41) is 110. The van der Waals surface area contributed by atoms with Crippen molar-refractivity contribution in [3.05, 3.63) is 60.9 Å². The van der Waals surface area contributed by atoms with Crippen molar-refractivity contribution < 1.29 is 95.0 Å². The number of ether oxygens (including phenoxy) is 1. The number of hydrogen-bond donors (Lipinski definition) is 12. The van der Waals surface area contributed by atoms with E-state index in [2.05, 4.69) is 4.89 Å². The van der Waals surface area contributed by atoms with E-state index in [0.717, 1.165) is 0 Å². The maximum atomic E-state index is 11.2. The molecule has 0 saturated carbocycles. The fraction of sp³-hybridized carbons (Fsp3) is 0.400. The zero-order chi connectivity index (χ0) is 34.6. The van der Waals surface area contributed by atoms with Gasteiger partial charge in [-0.25, -0.2) is 28.9 Å². The van der Waals surface area contributed by atoms with Crippen molar-refractivity contribution >= 4 is 29.8 Å². The van der Waals surface area contributed by atoms with Crippen LogP contribution in [0.25, 0.3) is 0 Å². The maximum absolute atomic E-state index is 11.2. The summed E-state index contributed by atoms with van der Waals surface area (Å²) in [7, 11) is 0. The molecule has 0 radical (unpaired) electrons. The van der Waals surface area contributed by atoms with Gasteiger partial charge in [0.2, 0.25) is 0 Å². The fourth-order valence-electron chi connectivity index (χ4n) is 3.22. The number of carboxylic acids is 5. The van der Waals surface area contributed by atoms with Gasteiger partial charge >= 0.3 is 29.8 Å². The van der Waals surface area contributed by atoms with E-state index < -0.39 is 91.5 Å². The monoisotopic (exact) mass is 638 g/mol. The Bertz CT molecular complexity index is 1040. The lowest BCUT2D eigenvalue weighted by atomic mass is 9.60. The summed E-state index contributed by atoms with van der Waals surface area (Å²) in [6.45, 7) is -4.53. The average molecular weight is 639 g/mol. The topological polar surface area (TPSA) is 347 Å². The number of rotatable bonds is 20. The first-order valence-electron chi connectivity index (χ1n) is 11.7. The fourth-order valence-corrected chi connectivity index (χ4v) is 3.22. The minimum Gasteiger partial charge on any atom is -0.485 e. The van der Waals surface area contributed by atoms with Gasteiger partial charge in [-0.15, -0.1) is 0 Å². The Kier molecular flexibility index (Phi) is 18.6. The molecule has 0 bridgehead atoms. The van der Waals surface area contributed by atoms with Crippen molar-refractivity contribution in [3.8, 4) is 0 Å². The van der Waals surface area contributed by atoms with Gasteiger partial charge in [0, 0.05) is 24.3 Å². The molecular weight excluding hydrogens is 604 g/mol. The summed E-state index contributed by atoms with van der Waals surface area (Å²) in [6.07, 6.45) is 3.91. The van der Waals surface area contributed by atoms with Gasteiger partial charge in [0.1, 0.15) is 5.41 Å². The molecule has 44 heavy (non-hydrogen) atoms. The summed E-state index contributed by atoms with van der Waals surface area (Å²) in [5.74, 6) is -8.38. The molecule has 0 aliphatic rings. The van der Waals surface area contributed by atoms with Crippen LogP contribution in [0, 0.1) is 10.8 Å². The van der Waals surface area contributed by atoms with Gasteiger partial charge in [-0.05, 0) is 24.3 Å². The molecule has 0 heterocycles. The van der Waals surface area contributed by atoms with Crippen LogP contribution in [-0.2, 0) is 33.6 Å². The molecule has 19 heteroatoms. The molecule has 0 aromatic rings. The molecule has 12 N–H and O–H groups in total. The van der Waals surface area contributed by atoms with Crippen LogP contribution in [0.1, 0.15) is 0 Å². The van der Waals surface area contributed by atoms with E-state index >= 15 is 0 Å². The summed E-state index contributed by atoms with van der Waals surface area (Å²) >= 11 is 0. The van der Waals surface area contributed by atoms with Crippen LogP contribution < -0.4 is 0 Å². The lowest BCUT2D eigenvalue weighted by molar-refractivity contribution is -0.341. The van der Waals surface area contributed by atoms with Crippen LogP contribution in [0.5, 0.6) is 0 Å². The second kappa shape index (κ2) is 19.7. The smallest absolute Gasteiger partial charge is 0.331 e. The molecule has 0 aliphatic heterocycles. The van der Waals surface area contributed by atoms with Crippen molar-refractivity contribution in [3.63, 3.8) is 0 Å². The Morgan fingerprint density at radius 2 is 0.773 bits per heavy atom. The van der Waals surface area contributed by atoms with Gasteiger partial charge in [-0.1, -0.05) is 0 Å². The molecule has 0 aromatic heterocycles. The van der Waals surface area contributed by atoms with Crippen molar-refractivity contribution in [1.29, 1.82) is 0 Å². The van der Waals surface area contributed by atoms with Gasteiger partial charge in [-0.3, -0.25) is 5.26 Å². The largest absolute Gasteiger partial charge is 0.485 e. The molecular formula is C25H34O19. The molecule has 0 aromatic carbocycles. The Morgan fingerprint density at radius 3 is 0.977 bits per heavy atom. The van der Waals surface area contributed by atoms with Gasteiger partial charge in [-0.2, -0.15) is 0 Å². The van der Waals surface area contributed by atoms with E-state index in [1.807, 2.05) is 0 Å². The summed E-state index contributed by atoms with van der Waals surface area (Å²) in [4.78, 5) is 60.0. The van der Waals surface area contributed by atoms with Gasteiger partial charge < -0.3 is 60.9 Å². The molecule has 0 rings (SSSR count). The van der Waals surface area contributed by atoms with E-state index in [0.29, 0.717) is 60.9 Å². The van der Waals surface area contributed by atoms with E-state index in [1.54, 1.807) is 0 Å². The van der Waals surface area contributed by atoms with Gasteiger partial charge in [0.25, 0.3) is 0 Å². The SMILES string of the molecule is O=C(O)C=COC(C=CC(=O)O)(C=CC(=O)O)C(CO)(CO)C(C=CC(=O)O)(C=CC(=O)O)OO.OCC(CO)(CO)CO. The highest BCUT2D eigenvalue weighted by Crippen LogP contribution is 2.49. The van der Waals surface area contributed by atoms with E-state index in [-0.39, 0.29) is 0 Å². The van der Waals surface area contributed by atoms with Crippen LogP contribution in [0.3, 0.4) is 0 Å². The number of aliphatic hydroxyl groups excluding tert-OH is 6. The first-order chi connectivity index (χ1) is 20.5. The van der Waals surface area contributed by atoms with E-state index in [9.17, 15) is 39.4 Å². The minimum atomic E-state index is -2.89. The van der Waals surface area contributed by atoms with E-state index in [4.69, 9.17) is 50.7 Å². The Hall–Kier alpha value is -4.47. The van der Waals surface area contributed by atoms with Crippen molar-refractivity contribution in [2.24, 2.45) is 10.8 Å². The Labute approximate surface area is 248 Å². The quantitative estimate of drug-likeness (QED) is 0.0274. The number of carboxylic acid groups (broad SMARTS) is 5. The highest BCUT2D eigenvalue weighted by atomic mass is 17.1. The normalized spacial score (nSPS) is 15.2. The highest BCUT2D eigenvalue weighted by Gasteiger charge is 2.63. The van der Waals surface area contributed by atoms with Crippen LogP contribution in [0.2, 0.25) is 0 Å². The second-order valence-electron chi connectivity index (χ2n) is 8.65. The van der Waals surface area contributed by atoms with Crippen LogP contribution in [0.15, 0.2) is 60.9 Å². The number of aliphatic carboxylic acids is 5. The number of aliphatic hydroxyl groups is 6. The lowest BCUT2D eigenvalue weighted by Gasteiger charge is -2.51. The van der Waals surface area contributed by atoms with Crippen molar-refractivity contribution in [2.75, 3.05) is 39.6 Å². The van der Waals surface area contributed by atoms with Crippen LogP contribution in [0.4, 0.5) is 0 Å². The first-order valence-corrected chi connectivity index (χ1v) is 11.7. The molecule has 19 nitrogen and oxygen atoms in total. The second-order valence-corrected chi connectivity index (χ2v) is 8.65. The highest BCUT2D eigenvalue weighted by molar-refractivity contribution is 5.83. The molecule has 0 fully saturated rings. The predicted molar refractivity (Wildman–Crippen MR) is 142 cm³/mol. The average Bonchev–Trinajstić information content (AvgIpc) is 2.97. The molecule has 0 atom stereocenters. The van der Waals surface area contributed by atoms with Gasteiger partial charge in [0.05, 0.1) is 57.4 Å². The lowest BCUT2D eigenvalue weighted by Crippen LogP contribution is -2.65. The van der Waals surface area contributed by atoms with Crippen LogP contribution in [-0.4, -0.2) is 142 Å². The molecule has 0 aliphatic carbocycles. The van der Waals surface area contributed by atoms with Gasteiger partial charge in [0.15, 0.2) is 11.2 Å². The number of carbonyl (C=O) groups is 5. The first kappa shape index (κ1) is 41.7. The third-order valence-electron chi connectivity index (χ3n) is 5.90.